The molecule has 128 valence electrons. The van der Waals surface area contributed by atoms with Crippen LogP contribution >= 0.6 is 22.9 Å². The van der Waals surface area contributed by atoms with Crippen LogP contribution in [-0.2, 0) is 4.74 Å². The Hall–Kier alpha value is -1.88. The van der Waals surface area contributed by atoms with Crippen LogP contribution in [0.25, 0.3) is 0 Å². The van der Waals surface area contributed by atoms with E-state index >= 15 is 0 Å². The summed E-state index contributed by atoms with van der Waals surface area (Å²) in [4.78, 5) is 3.55. The highest BCUT2D eigenvalue weighted by molar-refractivity contribution is 7.10. The summed E-state index contributed by atoms with van der Waals surface area (Å²) in [5, 5.41) is 2.82. The van der Waals surface area contributed by atoms with Crippen LogP contribution in [0.3, 0.4) is 0 Å². The lowest BCUT2D eigenvalue weighted by molar-refractivity contribution is 0.00770. The number of anilines is 1. The second kappa shape index (κ2) is 7.16. The summed E-state index contributed by atoms with van der Waals surface area (Å²) >= 11 is 7.77. The summed E-state index contributed by atoms with van der Waals surface area (Å²) in [6, 6.07) is 18.9. The molecule has 25 heavy (non-hydrogen) atoms. The molecular formula is C20H17ClFNOS. The highest BCUT2D eigenvalue weighted by atomic mass is 35.5. The van der Waals surface area contributed by atoms with Gasteiger partial charge in [0.2, 0.25) is 0 Å². The van der Waals surface area contributed by atoms with Crippen molar-refractivity contribution in [2.75, 3.05) is 11.6 Å². The molecule has 2 atom stereocenters. The lowest BCUT2D eigenvalue weighted by atomic mass is 9.98. The minimum atomic E-state index is -0.225. The quantitative estimate of drug-likeness (QED) is 0.541. The van der Waals surface area contributed by atoms with Crippen molar-refractivity contribution < 1.29 is 9.13 Å². The zero-order valence-corrected chi connectivity index (χ0v) is 15.0. The topological polar surface area (TPSA) is 12.5 Å². The normalized spacial score (nSPS) is 20.6. The van der Waals surface area contributed by atoms with Crippen molar-refractivity contribution >= 4 is 28.6 Å². The fraction of sp³-hybridized carbons (Fsp3) is 0.200. The van der Waals surface area contributed by atoms with Gasteiger partial charge in [-0.15, -0.1) is 11.3 Å². The zero-order chi connectivity index (χ0) is 17.2. The van der Waals surface area contributed by atoms with Gasteiger partial charge >= 0.3 is 0 Å². The van der Waals surface area contributed by atoms with Gasteiger partial charge in [0.05, 0.1) is 12.1 Å². The molecule has 0 N–H and O–H groups in total. The smallest absolute Gasteiger partial charge is 0.123 e. The van der Waals surface area contributed by atoms with Crippen LogP contribution in [0, 0.1) is 5.82 Å². The summed E-state index contributed by atoms with van der Waals surface area (Å²) in [5.41, 5.74) is 2.10. The molecule has 0 unspecified atom stereocenters. The van der Waals surface area contributed by atoms with Gasteiger partial charge in [-0.2, -0.15) is 0 Å². The molecule has 5 heteroatoms. The number of rotatable bonds is 3. The fourth-order valence-electron chi connectivity index (χ4n) is 3.21. The van der Waals surface area contributed by atoms with Crippen LogP contribution in [0.2, 0.25) is 5.02 Å². The Morgan fingerprint density at radius 3 is 2.48 bits per heavy atom. The van der Waals surface area contributed by atoms with Crippen molar-refractivity contribution in [2.45, 2.75) is 18.6 Å². The van der Waals surface area contributed by atoms with E-state index < -0.39 is 0 Å². The van der Waals surface area contributed by atoms with Crippen LogP contribution in [0.4, 0.5) is 10.1 Å². The summed E-state index contributed by atoms with van der Waals surface area (Å²) in [6.07, 6.45) is 0.769. The average Bonchev–Trinajstić information content (AvgIpc) is 3.17. The van der Waals surface area contributed by atoms with Crippen molar-refractivity contribution in [1.29, 1.82) is 0 Å². The monoisotopic (exact) mass is 373 g/mol. The Labute approximate surface area is 155 Å². The molecule has 0 amide bonds. The maximum atomic E-state index is 13.2. The molecule has 1 aliphatic heterocycles. The van der Waals surface area contributed by atoms with Gasteiger partial charge < -0.3 is 9.64 Å². The molecule has 2 heterocycles. The average molecular weight is 374 g/mol. The molecule has 1 aliphatic rings. The maximum absolute atomic E-state index is 13.2. The first kappa shape index (κ1) is 16.6. The van der Waals surface area contributed by atoms with E-state index in [1.807, 2.05) is 36.4 Å². The molecule has 0 bridgehead atoms. The molecule has 0 spiro atoms. The van der Waals surface area contributed by atoms with E-state index in [1.165, 1.54) is 17.0 Å². The number of hydrogen-bond donors (Lipinski definition) is 0. The Balaban J connectivity index is 1.63. The van der Waals surface area contributed by atoms with E-state index in [0.717, 1.165) is 22.7 Å². The summed E-state index contributed by atoms with van der Waals surface area (Å²) in [7, 11) is 0. The van der Waals surface area contributed by atoms with E-state index in [9.17, 15) is 4.39 Å². The highest BCUT2D eigenvalue weighted by Crippen LogP contribution is 2.41. The van der Waals surface area contributed by atoms with Crippen molar-refractivity contribution in [1.82, 2.24) is 0 Å². The number of thiophene rings is 1. The molecule has 0 aliphatic carbocycles. The third kappa shape index (κ3) is 3.56. The van der Waals surface area contributed by atoms with Crippen molar-refractivity contribution in [3.63, 3.8) is 0 Å². The first-order valence-corrected chi connectivity index (χ1v) is 9.39. The standard InChI is InChI=1S/C20H17ClFNOS/c21-15-5-9-17(10-6-15)23-13-24-19(14-3-7-16(22)8-4-14)12-18(23)20-2-1-11-25-20/h1-11,18-19H,12-13H2/t18-,19+/m1/s1. The summed E-state index contributed by atoms with van der Waals surface area (Å²) < 4.78 is 19.3. The fourth-order valence-corrected chi connectivity index (χ4v) is 4.18. The van der Waals surface area contributed by atoms with E-state index in [4.69, 9.17) is 16.3 Å². The van der Waals surface area contributed by atoms with Crippen molar-refractivity contribution in [3.05, 3.63) is 87.3 Å². The van der Waals surface area contributed by atoms with E-state index in [2.05, 4.69) is 22.4 Å². The molecule has 3 aromatic rings. The van der Waals surface area contributed by atoms with Crippen molar-refractivity contribution in [3.8, 4) is 0 Å². The zero-order valence-electron chi connectivity index (χ0n) is 13.4. The molecule has 1 fully saturated rings. The second-order valence-corrected chi connectivity index (χ2v) is 7.46. The predicted molar refractivity (Wildman–Crippen MR) is 101 cm³/mol. The Bertz CT molecular complexity index is 820. The lowest BCUT2D eigenvalue weighted by Gasteiger charge is -2.40. The minimum Gasteiger partial charge on any atom is -0.353 e. The van der Waals surface area contributed by atoms with Crippen LogP contribution in [0.15, 0.2) is 66.0 Å². The summed E-state index contributed by atoms with van der Waals surface area (Å²) in [6.45, 7) is 0.478. The van der Waals surface area contributed by atoms with Crippen LogP contribution in [-0.4, -0.2) is 6.73 Å². The third-order valence-corrected chi connectivity index (χ3v) is 5.73. The van der Waals surface area contributed by atoms with Gasteiger partial charge in [-0.1, -0.05) is 29.8 Å². The van der Waals surface area contributed by atoms with Gasteiger partial charge in [0.1, 0.15) is 12.5 Å². The Kier molecular flexibility index (Phi) is 4.75. The number of ether oxygens (including phenoxy) is 1. The molecule has 0 radical (unpaired) electrons. The molecule has 2 nitrogen and oxygen atoms in total. The van der Waals surface area contributed by atoms with Gasteiger partial charge in [-0.25, -0.2) is 4.39 Å². The number of nitrogens with zero attached hydrogens (tertiary/aromatic N) is 1. The Morgan fingerprint density at radius 1 is 1.04 bits per heavy atom. The highest BCUT2D eigenvalue weighted by Gasteiger charge is 2.32. The molecule has 4 rings (SSSR count). The Morgan fingerprint density at radius 2 is 1.80 bits per heavy atom. The minimum absolute atomic E-state index is 0.0451. The number of halogens is 2. The predicted octanol–water partition coefficient (Wildman–Crippen LogP) is 6.21. The van der Waals surface area contributed by atoms with E-state index in [-0.39, 0.29) is 18.0 Å². The van der Waals surface area contributed by atoms with Crippen LogP contribution in [0.5, 0.6) is 0 Å². The van der Waals surface area contributed by atoms with Gasteiger partial charge in [0, 0.05) is 22.0 Å². The first-order chi connectivity index (χ1) is 12.2. The largest absolute Gasteiger partial charge is 0.353 e. The van der Waals surface area contributed by atoms with Gasteiger partial charge in [-0.05, 0) is 53.4 Å². The molecule has 1 saturated heterocycles. The molecule has 2 aromatic carbocycles. The maximum Gasteiger partial charge on any atom is 0.123 e. The van der Waals surface area contributed by atoms with Gasteiger partial charge in [0.25, 0.3) is 0 Å². The van der Waals surface area contributed by atoms with Crippen molar-refractivity contribution in [2.24, 2.45) is 0 Å². The van der Waals surface area contributed by atoms with Crippen LogP contribution in [0.1, 0.15) is 29.0 Å². The first-order valence-electron chi connectivity index (χ1n) is 8.13. The third-order valence-electron chi connectivity index (χ3n) is 4.50. The lowest BCUT2D eigenvalue weighted by Crippen LogP contribution is -2.37. The van der Waals surface area contributed by atoms with Gasteiger partial charge in [0.15, 0.2) is 0 Å². The van der Waals surface area contributed by atoms with E-state index in [1.54, 1.807) is 11.3 Å². The SMILES string of the molecule is Fc1ccc([C@@H]2C[C@H](c3cccs3)N(c3ccc(Cl)cc3)CO2)cc1. The summed E-state index contributed by atoms with van der Waals surface area (Å²) in [5.74, 6) is -0.225. The van der Waals surface area contributed by atoms with Gasteiger partial charge in [-0.3, -0.25) is 0 Å². The molecule has 0 saturated carbocycles. The van der Waals surface area contributed by atoms with E-state index in [0.29, 0.717) is 6.73 Å². The second-order valence-electron chi connectivity index (χ2n) is 6.05. The van der Waals surface area contributed by atoms with Crippen LogP contribution < -0.4 is 4.90 Å². The number of hydrogen-bond acceptors (Lipinski definition) is 3. The molecular weight excluding hydrogens is 357 g/mol. The number of benzene rings is 2. The molecule has 1 aromatic heterocycles.